The summed E-state index contributed by atoms with van der Waals surface area (Å²) < 4.78 is 5.33. The van der Waals surface area contributed by atoms with Gasteiger partial charge in [-0.25, -0.2) is 4.79 Å². The lowest BCUT2D eigenvalue weighted by atomic mass is 10.1. The molecule has 0 radical (unpaired) electrons. The summed E-state index contributed by atoms with van der Waals surface area (Å²) in [5.41, 5.74) is 7.04. The van der Waals surface area contributed by atoms with E-state index in [9.17, 15) is 9.90 Å². The zero-order valence-electron chi connectivity index (χ0n) is 10.5. The number of nitrogens with two attached hydrogens (primary N) is 1. The number of hydrogen-bond donors (Lipinski definition) is 2. The van der Waals surface area contributed by atoms with Crippen LogP contribution < -0.4 is 5.73 Å². The predicted octanol–water partition coefficient (Wildman–Crippen LogP) is 2.89. The van der Waals surface area contributed by atoms with Crippen LogP contribution in [-0.2, 0) is 4.74 Å². The first-order valence-corrected chi connectivity index (χ1v) is 5.92. The molecule has 0 fully saturated rings. The molecule has 0 aliphatic carbocycles. The Balaban J connectivity index is 2.15. The molecular formula is C15H15NO3. The average molecular weight is 257 g/mol. The highest BCUT2D eigenvalue weighted by Gasteiger charge is 2.16. The number of rotatable bonds is 3. The minimum Gasteiger partial charge on any atom is -0.508 e. The summed E-state index contributed by atoms with van der Waals surface area (Å²) in [6, 6.07) is 13.6. The minimum absolute atomic E-state index is 0.0199. The molecule has 2 rings (SSSR count). The van der Waals surface area contributed by atoms with Gasteiger partial charge in [-0.1, -0.05) is 30.3 Å². The molecule has 1 atom stereocenters. The summed E-state index contributed by atoms with van der Waals surface area (Å²) in [6.07, 6.45) is -0.379. The van der Waals surface area contributed by atoms with E-state index in [1.807, 2.05) is 30.3 Å². The second-order valence-electron chi connectivity index (χ2n) is 4.23. The minimum atomic E-state index is -0.551. The maximum absolute atomic E-state index is 12.0. The third-order valence-corrected chi connectivity index (χ3v) is 2.81. The van der Waals surface area contributed by atoms with E-state index in [1.54, 1.807) is 6.92 Å². The molecular weight excluding hydrogens is 242 g/mol. The van der Waals surface area contributed by atoms with Gasteiger partial charge in [0.15, 0.2) is 0 Å². The predicted molar refractivity (Wildman–Crippen MR) is 72.8 cm³/mol. The van der Waals surface area contributed by atoms with E-state index in [4.69, 9.17) is 10.5 Å². The number of phenolic OH excluding ortho intramolecular Hbond substituents is 1. The molecule has 2 aromatic carbocycles. The van der Waals surface area contributed by atoms with Gasteiger partial charge in [0, 0.05) is 5.69 Å². The van der Waals surface area contributed by atoms with Crippen LogP contribution in [0.4, 0.5) is 5.69 Å². The van der Waals surface area contributed by atoms with Crippen LogP contribution in [0.25, 0.3) is 0 Å². The standard InChI is InChI=1S/C15H15NO3/c1-10(11-5-3-2-4-6-11)19-15(18)13-9-12(17)7-8-14(13)16/h2-10,17H,16H2,1H3. The first-order chi connectivity index (χ1) is 9.08. The first-order valence-electron chi connectivity index (χ1n) is 5.92. The van der Waals surface area contributed by atoms with Crippen LogP contribution in [0.2, 0.25) is 0 Å². The van der Waals surface area contributed by atoms with Gasteiger partial charge in [0.25, 0.3) is 0 Å². The van der Waals surface area contributed by atoms with E-state index in [-0.39, 0.29) is 23.1 Å². The maximum atomic E-state index is 12.0. The van der Waals surface area contributed by atoms with Gasteiger partial charge in [-0.05, 0) is 30.7 Å². The summed E-state index contributed by atoms with van der Waals surface area (Å²) in [4.78, 5) is 12.0. The van der Waals surface area contributed by atoms with Crippen LogP contribution in [0.5, 0.6) is 5.75 Å². The zero-order chi connectivity index (χ0) is 13.8. The second-order valence-corrected chi connectivity index (χ2v) is 4.23. The molecule has 1 unspecified atom stereocenters. The van der Waals surface area contributed by atoms with Crippen molar-refractivity contribution < 1.29 is 14.6 Å². The number of carbonyl (C=O) groups excluding carboxylic acids is 1. The number of phenols is 1. The Morgan fingerprint density at radius 1 is 1.21 bits per heavy atom. The van der Waals surface area contributed by atoms with Crippen molar-refractivity contribution in [3.63, 3.8) is 0 Å². The van der Waals surface area contributed by atoms with Gasteiger partial charge in [0.2, 0.25) is 0 Å². The van der Waals surface area contributed by atoms with Gasteiger partial charge >= 0.3 is 5.97 Å². The zero-order valence-corrected chi connectivity index (χ0v) is 10.5. The molecule has 0 aliphatic rings. The van der Waals surface area contributed by atoms with Gasteiger partial charge in [0.1, 0.15) is 11.9 Å². The van der Waals surface area contributed by atoms with Gasteiger partial charge in [-0.3, -0.25) is 0 Å². The van der Waals surface area contributed by atoms with Crippen molar-refractivity contribution in [2.24, 2.45) is 0 Å². The number of hydrogen-bond acceptors (Lipinski definition) is 4. The monoisotopic (exact) mass is 257 g/mol. The van der Waals surface area contributed by atoms with Crippen LogP contribution in [-0.4, -0.2) is 11.1 Å². The van der Waals surface area contributed by atoms with E-state index >= 15 is 0 Å². The number of carbonyl (C=O) groups is 1. The molecule has 0 heterocycles. The summed E-state index contributed by atoms with van der Waals surface area (Å²) in [7, 11) is 0. The average Bonchev–Trinajstić information content (AvgIpc) is 2.42. The van der Waals surface area contributed by atoms with Crippen molar-refractivity contribution in [1.82, 2.24) is 0 Å². The van der Waals surface area contributed by atoms with Gasteiger partial charge in [-0.2, -0.15) is 0 Å². The summed E-state index contributed by atoms with van der Waals surface area (Å²) >= 11 is 0. The molecule has 98 valence electrons. The molecule has 3 N–H and O–H groups in total. The molecule has 0 saturated heterocycles. The number of aromatic hydroxyl groups is 1. The fourth-order valence-electron chi connectivity index (χ4n) is 1.74. The lowest BCUT2D eigenvalue weighted by Gasteiger charge is -2.14. The van der Waals surface area contributed by atoms with Gasteiger partial charge < -0.3 is 15.6 Å². The van der Waals surface area contributed by atoms with Crippen molar-refractivity contribution in [2.45, 2.75) is 13.0 Å². The Labute approximate surface area is 111 Å². The summed E-state index contributed by atoms with van der Waals surface area (Å²) in [6.45, 7) is 1.78. The van der Waals surface area contributed by atoms with Crippen molar-refractivity contribution in [2.75, 3.05) is 5.73 Å². The Kier molecular flexibility index (Phi) is 3.71. The van der Waals surface area contributed by atoms with Crippen LogP contribution >= 0.6 is 0 Å². The lowest BCUT2D eigenvalue weighted by molar-refractivity contribution is 0.0339. The number of nitrogen functional groups attached to an aromatic ring is 1. The van der Waals surface area contributed by atoms with Crippen molar-refractivity contribution in [3.05, 3.63) is 59.7 Å². The Morgan fingerprint density at radius 2 is 1.89 bits per heavy atom. The van der Waals surface area contributed by atoms with Gasteiger partial charge in [-0.15, -0.1) is 0 Å². The molecule has 0 aromatic heterocycles. The van der Waals surface area contributed by atoms with Crippen LogP contribution in [0.1, 0.15) is 28.9 Å². The maximum Gasteiger partial charge on any atom is 0.340 e. The molecule has 0 aliphatic heterocycles. The van der Waals surface area contributed by atoms with Crippen molar-refractivity contribution in [3.8, 4) is 5.75 Å². The number of benzene rings is 2. The Morgan fingerprint density at radius 3 is 2.58 bits per heavy atom. The van der Waals surface area contributed by atoms with E-state index in [2.05, 4.69) is 0 Å². The van der Waals surface area contributed by atoms with Crippen LogP contribution in [0.15, 0.2) is 48.5 Å². The topological polar surface area (TPSA) is 72.5 Å². The van der Waals surface area contributed by atoms with Crippen molar-refractivity contribution in [1.29, 1.82) is 0 Å². The fraction of sp³-hybridized carbons (Fsp3) is 0.133. The van der Waals surface area contributed by atoms with E-state index in [1.165, 1.54) is 18.2 Å². The van der Waals surface area contributed by atoms with Crippen LogP contribution in [0, 0.1) is 0 Å². The normalized spacial score (nSPS) is 11.8. The molecule has 0 spiro atoms. The smallest absolute Gasteiger partial charge is 0.340 e. The second kappa shape index (κ2) is 5.44. The summed E-state index contributed by atoms with van der Waals surface area (Å²) in [5.74, 6) is -0.571. The third kappa shape index (κ3) is 3.04. The quantitative estimate of drug-likeness (QED) is 0.504. The van der Waals surface area contributed by atoms with Gasteiger partial charge in [0.05, 0.1) is 5.56 Å². The molecule has 4 nitrogen and oxygen atoms in total. The number of ether oxygens (including phenoxy) is 1. The molecule has 0 saturated carbocycles. The SMILES string of the molecule is CC(OC(=O)c1cc(O)ccc1N)c1ccccc1. The third-order valence-electron chi connectivity index (χ3n) is 2.81. The fourth-order valence-corrected chi connectivity index (χ4v) is 1.74. The highest BCUT2D eigenvalue weighted by molar-refractivity contribution is 5.95. The van der Waals surface area contributed by atoms with E-state index < -0.39 is 5.97 Å². The Bertz CT molecular complexity index is 581. The molecule has 4 heteroatoms. The van der Waals surface area contributed by atoms with E-state index in [0.29, 0.717) is 0 Å². The number of esters is 1. The molecule has 0 amide bonds. The molecule has 0 bridgehead atoms. The highest BCUT2D eigenvalue weighted by Crippen LogP contribution is 2.23. The number of anilines is 1. The summed E-state index contributed by atoms with van der Waals surface area (Å²) in [5, 5.41) is 9.37. The highest BCUT2D eigenvalue weighted by atomic mass is 16.5. The lowest BCUT2D eigenvalue weighted by Crippen LogP contribution is -2.11. The van der Waals surface area contributed by atoms with E-state index in [0.717, 1.165) is 5.56 Å². The Hall–Kier alpha value is -2.49. The molecule has 2 aromatic rings. The first kappa shape index (κ1) is 13.0. The van der Waals surface area contributed by atoms with Crippen LogP contribution in [0.3, 0.4) is 0 Å². The largest absolute Gasteiger partial charge is 0.508 e. The molecule has 19 heavy (non-hydrogen) atoms. The van der Waals surface area contributed by atoms with Crippen molar-refractivity contribution >= 4 is 11.7 Å².